The van der Waals surface area contributed by atoms with E-state index in [1.54, 1.807) is 30.5 Å². The van der Waals surface area contributed by atoms with E-state index in [0.717, 1.165) is 11.1 Å². The molecule has 0 aliphatic heterocycles. The lowest BCUT2D eigenvalue weighted by Gasteiger charge is -2.10. The fraction of sp³-hybridized carbons (Fsp3) is 0.182. The van der Waals surface area contributed by atoms with E-state index >= 15 is 0 Å². The first kappa shape index (κ1) is 21.5. The molecule has 2 aromatic carbocycles. The number of nitrogens with zero attached hydrogens (tertiary/aromatic N) is 5. The topological polar surface area (TPSA) is 86.9 Å². The van der Waals surface area contributed by atoms with Crippen LogP contribution >= 0.6 is 11.6 Å². The zero-order chi connectivity index (χ0) is 22.7. The number of nitrogens with one attached hydrogen (secondary N) is 1. The Kier molecular flexibility index (Phi) is 6.18. The van der Waals surface area contributed by atoms with Gasteiger partial charge in [-0.2, -0.15) is 5.10 Å². The van der Waals surface area contributed by atoms with Gasteiger partial charge in [0.15, 0.2) is 12.4 Å². The number of hydrogen-bond acceptors (Lipinski definition) is 5. The molecule has 0 radical (unpaired) electrons. The van der Waals surface area contributed by atoms with E-state index in [2.05, 4.69) is 20.5 Å². The van der Waals surface area contributed by atoms with Crippen molar-refractivity contribution in [1.29, 1.82) is 0 Å². The van der Waals surface area contributed by atoms with E-state index in [-0.39, 0.29) is 30.7 Å². The maximum Gasteiger partial charge on any atom is 0.278 e. The summed E-state index contributed by atoms with van der Waals surface area (Å²) in [7, 11) is 0. The Morgan fingerprint density at radius 3 is 2.62 bits per heavy atom. The highest BCUT2D eigenvalue weighted by atomic mass is 35.5. The van der Waals surface area contributed by atoms with E-state index in [1.165, 1.54) is 21.8 Å². The standard InChI is InChI=1S/C22H20ClFN6O2/c1-14-9-17(10-15(2)20(14)23)32-13-29-8-7-19(27-29)21(31)26-22-25-12-30(28-22)11-16-5-3-4-6-18(16)24/h3-10,12H,11,13H2,1-2H3,(H,26,28,31). The summed E-state index contributed by atoms with van der Waals surface area (Å²) in [6.45, 7) is 4.14. The van der Waals surface area contributed by atoms with Crippen LogP contribution in [0.3, 0.4) is 0 Å². The Bertz CT molecular complexity index is 1250. The molecule has 10 heteroatoms. The third-order valence-electron chi connectivity index (χ3n) is 4.70. The number of halogens is 2. The van der Waals surface area contributed by atoms with Gasteiger partial charge in [0.05, 0.1) is 6.54 Å². The minimum absolute atomic E-state index is 0.101. The summed E-state index contributed by atoms with van der Waals surface area (Å²) in [6, 6.07) is 11.7. The van der Waals surface area contributed by atoms with Crippen molar-refractivity contribution in [2.45, 2.75) is 27.1 Å². The van der Waals surface area contributed by atoms with E-state index in [9.17, 15) is 9.18 Å². The van der Waals surface area contributed by atoms with E-state index in [1.807, 2.05) is 26.0 Å². The number of anilines is 1. The third kappa shape index (κ3) is 4.94. The molecule has 2 aromatic heterocycles. The zero-order valence-corrected chi connectivity index (χ0v) is 18.2. The van der Waals surface area contributed by atoms with Crippen LogP contribution in [0.2, 0.25) is 5.02 Å². The summed E-state index contributed by atoms with van der Waals surface area (Å²) < 4.78 is 22.5. The van der Waals surface area contributed by atoms with Crippen molar-refractivity contribution in [1.82, 2.24) is 24.5 Å². The molecule has 1 amide bonds. The van der Waals surface area contributed by atoms with Crippen LogP contribution in [0.25, 0.3) is 0 Å². The number of hydrogen-bond donors (Lipinski definition) is 1. The number of ether oxygens (including phenoxy) is 1. The Balaban J connectivity index is 1.35. The number of carbonyl (C=O) groups excluding carboxylic acids is 1. The fourth-order valence-corrected chi connectivity index (χ4v) is 3.19. The van der Waals surface area contributed by atoms with Crippen LogP contribution in [-0.4, -0.2) is 30.5 Å². The lowest BCUT2D eigenvalue weighted by molar-refractivity contribution is 0.101. The molecular weight excluding hydrogens is 435 g/mol. The average Bonchev–Trinajstić information content (AvgIpc) is 3.42. The van der Waals surface area contributed by atoms with Gasteiger partial charge in [0.1, 0.15) is 17.9 Å². The number of rotatable bonds is 7. The normalized spacial score (nSPS) is 10.9. The number of benzene rings is 2. The minimum Gasteiger partial charge on any atom is -0.471 e. The van der Waals surface area contributed by atoms with Gasteiger partial charge in [0.2, 0.25) is 5.95 Å². The number of aryl methyl sites for hydroxylation is 2. The van der Waals surface area contributed by atoms with Crippen molar-refractivity contribution >= 4 is 23.5 Å². The summed E-state index contributed by atoms with van der Waals surface area (Å²) in [5.41, 5.74) is 2.50. The molecule has 0 fully saturated rings. The Hall–Kier alpha value is -3.72. The van der Waals surface area contributed by atoms with Gasteiger partial charge in [0, 0.05) is 16.8 Å². The summed E-state index contributed by atoms with van der Waals surface area (Å²) in [6.07, 6.45) is 3.05. The molecule has 0 saturated heterocycles. The van der Waals surface area contributed by atoms with Gasteiger partial charge in [-0.15, -0.1) is 5.10 Å². The average molecular weight is 455 g/mol. The Morgan fingerprint density at radius 2 is 1.88 bits per heavy atom. The summed E-state index contributed by atoms with van der Waals surface area (Å²) in [4.78, 5) is 16.5. The van der Waals surface area contributed by atoms with Crippen molar-refractivity contribution in [3.05, 3.63) is 88.2 Å². The predicted molar refractivity (Wildman–Crippen MR) is 117 cm³/mol. The molecule has 0 aliphatic rings. The van der Waals surface area contributed by atoms with Crippen LogP contribution in [0.15, 0.2) is 55.0 Å². The van der Waals surface area contributed by atoms with Gasteiger partial charge in [-0.05, 0) is 49.2 Å². The highest BCUT2D eigenvalue weighted by molar-refractivity contribution is 6.32. The van der Waals surface area contributed by atoms with Gasteiger partial charge >= 0.3 is 0 Å². The molecule has 8 nitrogen and oxygen atoms in total. The molecule has 4 rings (SSSR count). The molecule has 4 aromatic rings. The van der Waals surface area contributed by atoms with Crippen LogP contribution < -0.4 is 10.1 Å². The monoisotopic (exact) mass is 454 g/mol. The van der Waals surface area contributed by atoms with E-state index < -0.39 is 5.91 Å². The van der Waals surface area contributed by atoms with Gasteiger partial charge in [-0.1, -0.05) is 29.8 Å². The molecule has 2 heterocycles. The maximum atomic E-state index is 13.8. The predicted octanol–water partition coefficient (Wildman–Crippen LogP) is 4.22. The molecule has 0 bridgehead atoms. The molecular formula is C22H20ClFN6O2. The first-order chi connectivity index (χ1) is 15.4. The number of aromatic nitrogens is 5. The highest BCUT2D eigenvalue weighted by Crippen LogP contribution is 2.26. The summed E-state index contributed by atoms with van der Waals surface area (Å²) in [5, 5.41) is 11.7. The first-order valence-corrected chi connectivity index (χ1v) is 10.1. The highest BCUT2D eigenvalue weighted by Gasteiger charge is 2.13. The summed E-state index contributed by atoms with van der Waals surface area (Å²) >= 11 is 6.17. The molecule has 164 valence electrons. The second kappa shape index (κ2) is 9.19. The van der Waals surface area contributed by atoms with Crippen molar-refractivity contribution in [3.8, 4) is 5.75 Å². The maximum absolute atomic E-state index is 13.8. The van der Waals surface area contributed by atoms with Gasteiger partial charge in [-0.25, -0.2) is 18.7 Å². The van der Waals surface area contributed by atoms with E-state index in [4.69, 9.17) is 16.3 Å². The molecule has 0 spiro atoms. The molecule has 0 aliphatic carbocycles. The van der Waals surface area contributed by atoms with Crippen LogP contribution in [0.1, 0.15) is 27.2 Å². The smallest absolute Gasteiger partial charge is 0.278 e. The summed E-state index contributed by atoms with van der Waals surface area (Å²) in [5.74, 6) is -0.0319. The van der Waals surface area contributed by atoms with E-state index in [0.29, 0.717) is 16.3 Å². The third-order valence-corrected chi connectivity index (χ3v) is 5.29. The van der Waals surface area contributed by atoms with Crippen molar-refractivity contribution < 1.29 is 13.9 Å². The quantitative estimate of drug-likeness (QED) is 0.451. The molecule has 0 unspecified atom stereocenters. The van der Waals surface area contributed by atoms with Crippen molar-refractivity contribution in [3.63, 3.8) is 0 Å². The zero-order valence-electron chi connectivity index (χ0n) is 17.4. The number of carbonyl (C=O) groups is 1. The van der Waals surface area contributed by atoms with Crippen molar-refractivity contribution in [2.24, 2.45) is 0 Å². The van der Waals surface area contributed by atoms with Crippen LogP contribution in [-0.2, 0) is 13.3 Å². The SMILES string of the molecule is Cc1cc(OCn2ccc(C(=O)Nc3ncn(Cc4ccccc4F)n3)n2)cc(C)c1Cl. The fourth-order valence-electron chi connectivity index (χ4n) is 3.08. The largest absolute Gasteiger partial charge is 0.471 e. The Morgan fingerprint density at radius 1 is 1.12 bits per heavy atom. The second-order valence-electron chi connectivity index (χ2n) is 7.20. The van der Waals surface area contributed by atoms with Crippen LogP contribution in [0.5, 0.6) is 5.75 Å². The lowest BCUT2D eigenvalue weighted by Crippen LogP contribution is -2.15. The molecule has 32 heavy (non-hydrogen) atoms. The van der Waals surface area contributed by atoms with Crippen LogP contribution in [0.4, 0.5) is 10.3 Å². The van der Waals surface area contributed by atoms with Gasteiger partial charge in [0.25, 0.3) is 5.91 Å². The molecule has 0 atom stereocenters. The van der Waals surface area contributed by atoms with Crippen LogP contribution in [0, 0.1) is 19.7 Å². The van der Waals surface area contributed by atoms with Crippen molar-refractivity contribution in [2.75, 3.05) is 5.32 Å². The Labute approximate surface area is 188 Å². The second-order valence-corrected chi connectivity index (χ2v) is 7.57. The lowest BCUT2D eigenvalue weighted by atomic mass is 10.1. The van der Waals surface area contributed by atoms with Gasteiger partial charge < -0.3 is 4.74 Å². The minimum atomic E-state index is -0.467. The molecule has 1 N–H and O–H groups in total. The number of amides is 1. The first-order valence-electron chi connectivity index (χ1n) is 9.76. The molecule has 0 saturated carbocycles. The van der Waals surface area contributed by atoms with Gasteiger partial charge in [-0.3, -0.25) is 10.1 Å².